The molecule has 0 saturated carbocycles. The molecule has 3 N–H and O–H groups in total. The second-order valence-electron chi connectivity index (χ2n) is 4.67. The number of nitrogens with one attached hydrogen (secondary N) is 1. The Morgan fingerprint density at radius 3 is 2.41 bits per heavy atom. The van der Waals surface area contributed by atoms with Crippen LogP contribution in [-0.2, 0) is 9.53 Å². The second-order valence-corrected chi connectivity index (χ2v) is 4.67. The van der Waals surface area contributed by atoms with Crippen molar-refractivity contribution < 1.29 is 9.53 Å². The van der Waals surface area contributed by atoms with Crippen molar-refractivity contribution in [3.8, 4) is 0 Å². The number of amides is 1. The topological polar surface area (TPSA) is 64.3 Å². The van der Waals surface area contributed by atoms with Crippen LogP contribution in [0.4, 0.5) is 0 Å². The quantitative estimate of drug-likeness (QED) is 0.608. The van der Waals surface area contributed by atoms with E-state index in [4.69, 9.17) is 10.5 Å². The number of rotatable bonds is 9. The number of unbranched alkanes of at least 4 members (excludes halogenated alkanes) is 1. The van der Waals surface area contributed by atoms with Crippen molar-refractivity contribution in [2.75, 3.05) is 13.2 Å². The molecule has 0 spiro atoms. The lowest BCUT2D eigenvalue weighted by Gasteiger charge is -2.27. The van der Waals surface area contributed by atoms with E-state index >= 15 is 0 Å². The van der Waals surface area contributed by atoms with Gasteiger partial charge >= 0.3 is 0 Å². The Hall–Kier alpha value is -0.610. The van der Waals surface area contributed by atoms with E-state index < -0.39 is 6.10 Å². The van der Waals surface area contributed by atoms with Crippen LogP contribution in [0, 0.1) is 0 Å². The molecule has 102 valence electrons. The normalized spacial score (nSPS) is 13.5. The van der Waals surface area contributed by atoms with Gasteiger partial charge in [0.1, 0.15) is 6.10 Å². The highest BCUT2D eigenvalue weighted by Gasteiger charge is 2.23. The predicted octanol–water partition coefficient (Wildman–Crippen LogP) is 1.83. The molecule has 0 aliphatic carbocycles. The molecule has 4 nitrogen and oxygen atoms in total. The van der Waals surface area contributed by atoms with Crippen molar-refractivity contribution in [1.29, 1.82) is 0 Å². The highest BCUT2D eigenvalue weighted by Crippen LogP contribution is 2.12. The molecule has 0 aliphatic heterocycles. The summed E-state index contributed by atoms with van der Waals surface area (Å²) in [6.07, 6.45) is 3.37. The van der Waals surface area contributed by atoms with Crippen LogP contribution >= 0.6 is 0 Å². The Morgan fingerprint density at radius 2 is 1.94 bits per heavy atom. The maximum atomic E-state index is 11.6. The first-order valence-electron chi connectivity index (χ1n) is 6.67. The van der Waals surface area contributed by atoms with Crippen LogP contribution in [0.3, 0.4) is 0 Å². The third-order valence-corrected chi connectivity index (χ3v) is 3.23. The molecule has 1 unspecified atom stereocenters. The number of ether oxygens (including phenoxy) is 1. The molecule has 0 aliphatic rings. The Labute approximate surface area is 105 Å². The minimum Gasteiger partial charge on any atom is -0.367 e. The standard InChI is InChI=1S/C13H28N2O2/c1-5-8-9-15-12(16)11(4)17-10-13(14,6-2)7-3/h11H,5-10,14H2,1-4H3,(H,15,16). The summed E-state index contributed by atoms with van der Waals surface area (Å²) < 4.78 is 5.54. The number of hydrogen-bond donors (Lipinski definition) is 2. The van der Waals surface area contributed by atoms with Crippen LogP contribution in [0.2, 0.25) is 0 Å². The van der Waals surface area contributed by atoms with Crippen molar-refractivity contribution in [2.24, 2.45) is 5.73 Å². The van der Waals surface area contributed by atoms with Crippen molar-refractivity contribution >= 4 is 5.91 Å². The van der Waals surface area contributed by atoms with Crippen LogP contribution in [0.5, 0.6) is 0 Å². The lowest BCUT2D eigenvalue weighted by Crippen LogP contribution is -2.46. The van der Waals surface area contributed by atoms with Gasteiger partial charge in [0.05, 0.1) is 6.61 Å². The number of carbonyl (C=O) groups is 1. The number of nitrogens with two attached hydrogens (primary N) is 1. The van der Waals surface area contributed by atoms with Gasteiger partial charge in [-0.1, -0.05) is 27.2 Å². The molecule has 0 aromatic heterocycles. The third-order valence-electron chi connectivity index (χ3n) is 3.23. The van der Waals surface area contributed by atoms with Gasteiger partial charge in [0, 0.05) is 12.1 Å². The van der Waals surface area contributed by atoms with E-state index in [0.717, 1.165) is 32.2 Å². The highest BCUT2D eigenvalue weighted by molar-refractivity contribution is 5.80. The van der Waals surface area contributed by atoms with Gasteiger partial charge in [0.25, 0.3) is 0 Å². The van der Waals surface area contributed by atoms with Crippen molar-refractivity contribution in [3.05, 3.63) is 0 Å². The summed E-state index contributed by atoms with van der Waals surface area (Å²) in [6.45, 7) is 9.10. The van der Waals surface area contributed by atoms with E-state index in [1.807, 2.05) is 13.8 Å². The van der Waals surface area contributed by atoms with Gasteiger partial charge in [-0.2, -0.15) is 0 Å². The van der Waals surface area contributed by atoms with Gasteiger partial charge in [0.2, 0.25) is 5.91 Å². The minimum absolute atomic E-state index is 0.0481. The predicted molar refractivity (Wildman–Crippen MR) is 70.8 cm³/mol. The molecule has 0 heterocycles. The maximum absolute atomic E-state index is 11.6. The molecule has 0 bridgehead atoms. The van der Waals surface area contributed by atoms with E-state index in [1.54, 1.807) is 6.92 Å². The van der Waals surface area contributed by atoms with Crippen molar-refractivity contribution in [1.82, 2.24) is 5.32 Å². The zero-order valence-corrected chi connectivity index (χ0v) is 11.7. The van der Waals surface area contributed by atoms with E-state index in [2.05, 4.69) is 12.2 Å². The first-order valence-corrected chi connectivity index (χ1v) is 6.67. The van der Waals surface area contributed by atoms with Gasteiger partial charge in [-0.05, 0) is 26.2 Å². The molecule has 4 heteroatoms. The second kappa shape index (κ2) is 8.48. The summed E-state index contributed by atoms with van der Waals surface area (Å²) in [7, 11) is 0. The molecular weight excluding hydrogens is 216 g/mol. The fraction of sp³-hybridized carbons (Fsp3) is 0.923. The molecule has 1 atom stereocenters. The van der Waals surface area contributed by atoms with Gasteiger partial charge in [-0.3, -0.25) is 4.79 Å². The van der Waals surface area contributed by atoms with Crippen LogP contribution in [0.15, 0.2) is 0 Å². The largest absolute Gasteiger partial charge is 0.367 e. The SMILES string of the molecule is CCCCNC(=O)C(C)OCC(N)(CC)CC. The van der Waals surface area contributed by atoms with Gasteiger partial charge in [-0.25, -0.2) is 0 Å². The zero-order valence-electron chi connectivity index (χ0n) is 11.7. The first kappa shape index (κ1) is 16.4. The molecule has 1 amide bonds. The Balaban J connectivity index is 3.91. The van der Waals surface area contributed by atoms with E-state index in [0.29, 0.717) is 6.61 Å². The lowest BCUT2D eigenvalue weighted by molar-refractivity contribution is -0.132. The van der Waals surface area contributed by atoms with Crippen LogP contribution in [-0.4, -0.2) is 30.7 Å². The van der Waals surface area contributed by atoms with Gasteiger partial charge in [0.15, 0.2) is 0 Å². The molecule has 17 heavy (non-hydrogen) atoms. The third kappa shape index (κ3) is 6.64. The summed E-state index contributed by atoms with van der Waals surface area (Å²) in [6, 6.07) is 0. The summed E-state index contributed by atoms with van der Waals surface area (Å²) in [4.78, 5) is 11.6. The first-order chi connectivity index (χ1) is 7.99. The lowest BCUT2D eigenvalue weighted by atomic mass is 9.95. The number of carbonyl (C=O) groups excluding carboxylic acids is 1. The Morgan fingerprint density at radius 1 is 1.35 bits per heavy atom. The van der Waals surface area contributed by atoms with E-state index in [9.17, 15) is 4.79 Å². The summed E-state index contributed by atoms with van der Waals surface area (Å²) in [5, 5.41) is 2.85. The number of hydrogen-bond acceptors (Lipinski definition) is 3. The summed E-state index contributed by atoms with van der Waals surface area (Å²) in [5.74, 6) is -0.0481. The van der Waals surface area contributed by atoms with E-state index in [1.165, 1.54) is 0 Å². The summed E-state index contributed by atoms with van der Waals surface area (Å²) >= 11 is 0. The van der Waals surface area contributed by atoms with E-state index in [-0.39, 0.29) is 11.4 Å². The molecule has 0 fully saturated rings. The summed E-state index contributed by atoms with van der Waals surface area (Å²) in [5.41, 5.74) is 5.80. The van der Waals surface area contributed by atoms with Crippen LogP contribution in [0.25, 0.3) is 0 Å². The molecular formula is C13H28N2O2. The maximum Gasteiger partial charge on any atom is 0.248 e. The molecule has 0 radical (unpaired) electrons. The molecule has 0 rings (SSSR count). The molecule has 0 aromatic rings. The average Bonchev–Trinajstić information content (AvgIpc) is 2.35. The van der Waals surface area contributed by atoms with Gasteiger partial charge in [-0.15, -0.1) is 0 Å². The van der Waals surface area contributed by atoms with Crippen LogP contribution in [0.1, 0.15) is 53.4 Å². The monoisotopic (exact) mass is 244 g/mol. The average molecular weight is 244 g/mol. The smallest absolute Gasteiger partial charge is 0.248 e. The Kier molecular flexibility index (Phi) is 8.17. The van der Waals surface area contributed by atoms with Gasteiger partial charge < -0.3 is 15.8 Å². The van der Waals surface area contributed by atoms with Crippen molar-refractivity contribution in [3.63, 3.8) is 0 Å². The fourth-order valence-corrected chi connectivity index (χ4v) is 1.35. The fourth-order valence-electron chi connectivity index (χ4n) is 1.35. The highest BCUT2D eigenvalue weighted by atomic mass is 16.5. The zero-order chi connectivity index (χ0) is 13.3. The molecule has 0 aromatic carbocycles. The molecule has 0 saturated heterocycles. The Bertz CT molecular complexity index is 215. The van der Waals surface area contributed by atoms with Crippen molar-refractivity contribution in [2.45, 2.75) is 65.0 Å². The van der Waals surface area contributed by atoms with Crippen LogP contribution < -0.4 is 11.1 Å². The minimum atomic E-state index is -0.423.